The van der Waals surface area contributed by atoms with E-state index in [1.165, 1.54) is 19.3 Å². The molecular weight excluding hydrogens is 232 g/mol. The van der Waals surface area contributed by atoms with Crippen LogP contribution in [0.25, 0.3) is 0 Å². The van der Waals surface area contributed by atoms with Gasteiger partial charge in [-0.25, -0.2) is 0 Å². The van der Waals surface area contributed by atoms with Crippen LogP contribution in [0.5, 0.6) is 0 Å². The summed E-state index contributed by atoms with van der Waals surface area (Å²) in [6, 6.07) is 0.379. The summed E-state index contributed by atoms with van der Waals surface area (Å²) in [5.41, 5.74) is 0.260. The Hall–Kier alpha value is -0.220. The third kappa shape index (κ3) is 3.38. The highest BCUT2D eigenvalue weighted by atomic mass is 32.2. The third-order valence-electron chi connectivity index (χ3n) is 4.06. The van der Waals surface area contributed by atoms with E-state index in [0.717, 1.165) is 24.5 Å². The molecule has 0 aromatic rings. The zero-order chi connectivity index (χ0) is 12.3. The molecule has 0 radical (unpaired) electrons. The molecule has 0 spiro atoms. The maximum absolute atomic E-state index is 12.2. The molecule has 1 saturated carbocycles. The van der Waals surface area contributed by atoms with Gasteiger partial charge >= 0.3 is 0 Å². The SMILES string of the molecule is CC1(C)CCCCC1NC(=O)C1CSCCN1. The van der Waals surface area contributed by atoms with Gasteiger partial charge in [0.05, 0.1) is 6.04 Å². The highest BCUT2D eigenvalue weighted by Crippen LogP contribution is 2.35. The van der Waals surface area contributed by atoms with Crippen molar-refractivity contribution in [3.8, 4) is 0 Å². The van der Waals surface area contributed by atoms with Crippen LogP contribution < -0.4 is 10.6 Å². The minimum Gasteiger partial charge on any atom is -0.351 e. The van der Waals surface area contributed by atoms with Crippen molar-refractivity contribution in [1.29, 1.82) is 0 Å². The molecule has 1 aliphatic carbocycles. The number of rotatable bonds is 2. The van der Waals surface area contributed by atoms with Crippen LogP contribution in [0.15, 0.2) is 0 Å². The van der Waals surface area contributed by atoms with Gasteiger partial charge in [-0.05, 0) is 18.3 Å². The molecule has 1 aliphatic heterocycles. The Balaban J connectivity index is 1.88. The Labute approximate surface area is 108 Å². The molecule has 1 heterocycles. The summed E-state index contributed by atoms with van der Waals surface area (Å²) in [4.78, 5) is 12.2. The van der Waals surface area contributed by atoms with E-state index < -0.39 is 0 Å². The quantitative estimate of drug-likeness (QED) is 0.791. The number of amides is 1. The van der Waals surface area contributed by atoms with Crippen molar-refractivity contribution in [2.24, 2.45) is 5.41 Å². The van der Waals surface area contributed by atoms with Gasteiger partial charge in [0, 0.05) is 24.1 Å². The first-order valence-corrected chi connectivity index (χ1v) is 7.86. The van der Waals surface area contributed by atoms with Crippen molar-refractivity contribution >= 4 is 17.7 Å². The molecule has 2 rings (SSSR count). The molecule has 2 fully saturated rings. The van der Waals surface area contributed by atoms with E-state index >= 15 is 0 Å². The predicted octanol–water partition coefficient (Wildman–Crippen LogP) is 1.78. The Kier molecular flexibility index (Phi) is 4.36. The molecule has 0 aromatic carbocycles. The minimum absolute atomic E-state index is 0.0199. The van der Waals surface area contributed by atoms with Crippen molar-refractivity contribution in [1.82, 2.24) is 10.6 Å². The first-order chi connectivity index (χ1) is 8.09. The van der Waals surface area contributed by atoms with Crippen molar-refractivity contribution < 1.29 is 4.79 Å². The molecule has 2 unspecified atom stereocenters. The summed E-state index contributed by atoms with van der Waals surface area (Å²) in [5.74, 6) is 2.25. The van der Waals surface area contributed by atoms with Crippen LogP contribution in [0.3, 0.4) is 0 Å². The van der Waals surface area contributed by atoms with E-state index in [9.17, 15) is 4.79 Å². The molecule has 17 heavy (non-hydrogen) atoms. The molecule has 98 valence electrons. The van der Waals surface area contributed by atoms with Crippen molar-refractivity contribution in [3.05, 3.63) is 0 Å². The number of hydrogen-bond acceptors (Lipinski definition) is 3. The van der Waals surface area contributed by atoms with Gasteiger partial charge in [0.15, 0.2) is 0 Å². The smallest absolute Gasteiger partial charge is 0.238 e. The Bertz CT molecular complexity index is 275. The second-order valence-electron chi connectivity index (χ2n) is 5.88. The summed E-state index contributed by atoms with van der Waals surface area (Å²) in [6.45, 7) is 5.51. The second kappa shape index (κ2) is 5.61. The minimum atomic E-state index is 0.0199. The second-order valence-corrected chi connectivity index (χ2v) is 7.03. The topological polar surface area (TPSA) is 41.1 Å². The van der Waals surface area contributed by atoms with Crippen molar-refractivity contribution in [2.75, 3.05) is 18.1 Å². The Morgan fingerprint density at radius 1 is 1.41 bits per heavy atom. The van der Waals surface area contributed by atoms with Crippen LogP contribution >= 0.6 is 11.8 Å². The average molecular weight is 256 g/mol. The first kappa shape index (κ1) is 13.2. The van der Waals surface area contributed by atoms with Gasteiger partial charge in [-0.1, -0.05) is 26.7 Å². The largest absolute Gasteiger partial charge is 0.351 e. The molecule has 1 amide bonds. The van der Waals surface area contributed by atoms with Crippen molar-refractivity contribution in [3.63, 3.8) is 0 Å². The monoisotopic (exact) mass is 256 g/mol. The Morgan fingerprint density at radius 2 is 2.24 bits per heavy atom. The molecule has 0 bridgehead atoms. The predicted molar refractivity (Wildman–Crippen MR) is 73.3 cm³/mol. The fourth-order valence-corrected chi connectivity index (χ4v) is 3.70. The number of hydrogen-bond donors (Lipinski definition) is 2. The van der Waals surface area contributed by atoms with Gasteiger partial charge in [0.2, 0.25) is 5.91 Å². The lowest BCUT2D eigenvalue weighted by Gasteiger charge is -2.40. The molecule has 1 saturated heterocycles. The van der Waals surface area contributed by atoms with Crippen LogP contribution in [0.1, 0.15) is 39.5 Å². The van der Waals surface area contributed by atoms with Crippen LogP contribution in [0.2, 0.25) is 0 Å². The molecule has 2 atom stereocenters. The summed E-state index contributed by atoms with van der Waals surface area (Å²) in [7, 11) is 0. The normalized spacial score (nSPS) is 33.1. The van der Waals surface area contributed by atoms with Gasteiger partial charge in [-0.3, -0.25) is 4.79 Å². The standard InChI is InChI=1S/C13H24N2OS/c1-13(2)6-4-3-5-11(13)15-12(16)10-9-17-8-7-14-10/h10-11,14H,3-9H2,1-2H3,(H,15,16). The molecule has 0 aromatic heterocycles. The van der Waals surface area contributed by atoms with Crippen LogP contribution in [0, 0.1) is 5.41 Å². The first-order valence-electron chi connectivity index (χ1n) is 6.71. The van der Waals surface area contributed by atoms with E-state index in [2.05, 4.69) is 24.5 Å². The van der Waals surface area contributed by atoms with E-state index in [-0.39, 0.29) is 17.4 Å². The van der Waals surface area contributed by atoms with E-state index in [1.807, 2.05) is 11.8 Å². The van der Waals surface area contributed by atoms with E-state index in [1.54, 1.807) is 0 Å². The maximum Gasteiger partial charge on any atom is 0.238 e. The number of nitrogens with one attached hydrogen (secondary N) is 2. The number of thioether (sulfide) groups is 1. The van der Waals surface area contributed by atoms with Crippen molar-refractivity contribution in [2.45, 2.75) is 51.6 Å². The molecule has 3 nitrogen and oxygen atoms in total. The van der Waals surface area contributed by atoms with Gasteiger partial charge in [0.1, 0.15) is 0 Å². The van der Waals surface area contributed by atoms with Crippen LogP contribution in [-0.4, -0.2) is 36.0 Å². The van der Waals surface area contributed by atoms with E-state index in [4.69, 9.17) is 0 Å². The summed E-state index contributed by atoms with van der Waals surface area (Å²) < 4.78 is 0. The lowest BCUT2D eigenvalue weighted by atomic mass is 9.73. The van der Waals surface area contributed by atoms with Crippen LogP contribution in [0.4, 0.5) is 0 Å². The van der Waals surface area contributed by atoms with Gasteiger partial charge in [0.25, 0.3) is 0 Å². The highest BCUT2D eigenvalue weighted by Gasteiger charge is 2.34. The fraction of sp³-hybridized carbons (Fsp3) is 0.923. The fourth-order valence-electron chi connectivity index (χ4n) is 2.77. The van der Waals surface area contributed by atoms with Gasteiger partial charge in [-0.15, -0.1) is 0 Å². The van der Waals surface area contributed by atoms with Gasteiger partial charge in [-0.2, -0.15) is 11.8 Å². The maximum atomic E-state index is 12.2. The molecule has 2 aliphatic rings. The van der Waals surface area contributed by atoms with Gasteiger partial charge < -0.3 is 10.6 Å². The Morgan fingerprint density at radius 3 is 2.88 bits per heavy atom. The molecular formula is C13H24N2OS. The summed E-state index contributed by atoms with van der Waals surface area (Å²) in [5, 5.41) is 6.57. The third-order valence-corrected chi connectivity index (χ3v) is 5.12. The number of carbonyl (C=O) groups is 1. The zero-order valence-corrected chi connectivity index (χ0v) is 11.7. The number of carbonyl (C=O) groups excluding carboxylic acids is 1. The average Bonchev–Trinajstić information content (AvgIpc) is 2.33. The highest BCUT2D eigenvalue weighted by molar-refractivity contribution is 7.99. The lowest BCUT2D eigenvalue weighted by molar-refractivity contribution is -0.124. The summed E-state index contributed by atoms with van der Waals surface area (Å²) >= 11 is 1.87. The van der Waals surface area contributed by atoms with Crippen LogP contribution in [-0.2, 0) is 4.79 Å². The zero-order valence-electron chi connectivity index (χ0n) is 10.9. The van der Waals surface area contributed by atoms with E-state index in [0.29, 0.717) is 6.04 Å². The summed E-state index contributed by atoms with van der Waals surface area (Å²) in [6.07, 6.45) is 4.92. The molecule has 2 N–H and O–H groups in total. The molecule has 4 heteroatoms. The lowest BCUT2D eigenvalue weighted by Crippen LogP contribution is -2.55.